The molecule has 0 spiro atoms. The summed E-state index contributed by atoms with van der Waals surface area (Å²) in [6, 6.07) is 11.8. The summed E-state index contributed by atoms with van der Waals surface area (Å²) in [6.45, 7) is 2.10. The number of rotatable bonds is 5. The maximum Gasteiger partial charge on any atom is 0.227 e. The Labute approximate surface area is 128 Å². The number of halogens is 1. The van der Waals surface area contributed by atoms with Gasteiger partial charge in [-0.15, -0.1) is 0 Å². The average molecular weight is 306 g/mol. The monoisotopic (exact) mass is 305 g/mol. The fourth-order valence-electron chi connectivity index (χ4n) is 1.79. The molecular formula is C16H16ClNO3. The normalized spacial score (nSPS) is 10.2. The standard InChI is InChI=1S/C16H16ClNO3/c1-11-10-13(19)4-7-15(11)18-16(20)8-9-21-14-5-2-12(17)3-6-14/h2-7,10,19H,8-9H2,1H3,(H,18,20). The van der Waals surface area contributed by atoms with Gasteiger partial charge in [-0.25, -0.2) is 0 Å². The zero-order valence-electron chi connectivity index (χ0n) is 11.6. The van der Waals surface area contributed by atoms with Crippen molar-refractivity contribution in [3.8, 4) is 11.5 Å². The van der Waals surface area contributed by atoms with Crippen LogP contribution in [0.3, 0.4) is 0 Å². The molecule has 0 unspecified atom stereocenters. The van der Waals surface area contributed by atoms with Crippen LogP contribution in [0.5, 0.6) is 11.5 Å². The van der Waals surface area contributed by atoms with E-state index in [2.05, 4.69) is 5.32 Å². The smallest absolute Gasteiger partial charge is 0.227 e. The molecule has 0 saturated carbocycles. The molecule has 0 aromatic heterocycles. The lowest BCUT2D eigenvalue weighted by atomic mass is 10.2. The van der Waals surface area contributed by atoms with Crippen molar-refractivity contribution in [1.82, 2.24) is 0 Å². The molecule has 0 heterocycles. The maximum absolute atomic E-state index is 11.8. The number of hydrogen-bond acceptors (Lipinski definition) is 3. The third-order valence-corrected chi connectivity index (χ3v) is 3.15. The first-order valence-electron chi connectivity index (χ1n) is 6.52. The van der Waals surface area contributed by atoms with E-state index < -0.39 is 0 Å². The van der Waals surface area contributed by atoms with Crippen molar-refractivity contribution in [1.29, 1.82) is 0 Å². The number of ether oxygens (including phenoxy) is 1. The summed E-state index contributed by atoms with van der Waals surface area (Å²) in [6.07, 6.45) is 0.239. The number of phenolic OH excluding ortho intramolecular Hbond substituents is 1. The van der Waals surface area contributed by atoms with Crippen LogP contribution in [0.1, 0.15) is 12.0 Å². The highest BCUT2D eigenvalue weighted by Gasteiger charge is 2.06. The molecule has 0 fully saturated rings. The third-order valence-electron chi connectivity index (χ3n) is 2.90. The number of carbonyl (C=O) groups excluding carboxylic acids is 1. The Morgan fingerprint density at radius 1 is 1.24 bits per heavy atom. The van der Waals surface area contributed by atoms with E-state index in [9.17, 15) is 9.90 Å². The van der Waals surface area contributed by atoms with Gasteiger partial charge < -0.3 is 15.2 Å². The van der Waals surface area contributed by atoms with Crippen LogP contribution in [0.15, 0.2) is 42.5 Å². The van der Waals surface area contributed by atoms with Gasteiger partial charge in [0.25, 0.3) is 0 Å². The van der Waals surface area contributed by atoms with Gasteiger partial charge >= 0.3 is 0 Å². The van der Waals surface area contributed by atoms with Crippen LogP contribution in [-0.2, 0) is 4.79 Å². The summed E-state index contributed by atoms with van der Waals surface area (Å²) in [4.78, 5) is 11.8. The molecule has 4 nitrogen and oxygen atoms in total. The van der Waals surface area contributed by atoms with Gasteiger partial charge in [-0.1, -0.05) is 11.6 Å². The number of carbonyl (C=O) groups is 1. The Bertz CT molecular complexity index is 626. The molecule has 2 N–H and O–H groups in total. The first kappa shape index (κ1) is 15.2. The summed E-state index contributed by atoms with van der Waals surface area (Å²) in [5.41, 5.74) is 1.49. The van der Waals surface area contributed by atoms with E-state index >= 15 is 0 Å². The molecule has 0 aliphatic carbocycles. The fourth-order valence-corrected chi connectivity index (χ4v) is 1.92. The summed E-state index contributed by atoms with van der Waals surface area (Å²) in [7, 11) is 0. The number of aryl methyl sites for hydroxylation is 1. The highest BCUT2D eigenvalue weighted by molar-refractivity contribution is 6.30. The van der Waals surface area contributed by atoms with E-state index in [1.54, 1.807) is 36.4 Å². The van der Waals surface area contributed by atoms with Crippen LogP contribution in [0.25, 0.3) is 0 Å². The zero-order valence-corrected chi connectivity index (χ0v) is 12.4. The molecule has 2 aromatic carbocycles. The molecule has 0 saturated heterocycles. The van der Waals surface area contributed by atoms with Crippen LogP contribution in [0, 0.1) is 6.92 Å². The number of benzene rings is 2. The number of anilines is 1. The lowest BCUT2D eigenvalue weighted by molar-refractivity contribution is -0.116. The summed E-state index contributed by atoms with van der Waals surface area (Å²) >= 11 is 5.77. The fraction of sp³-hybridized carbons (Fsp3) is 0.188. The second-order valence-electron chi connectivity index (χ2n) is 4.60. The molecule has 1 amide bonds. The summed E-state index contributed by atoms with van der Waals surface area (Å²) < 4.78 is 5.46. The van der Waals surface area contributed by atoms with Crippen molar-refractivity contribution < 1.29 is 14.6 Å². The Kier molecular flexibility index (Phi) is 5.06. The van der Waals surface area contributed by atoms with Gasteiger partial charge in [0.1, 0.15) is 11.5 Å². The number of aromatic hydroxyl groups is 1. The molecule has 0 aliphatic rings. The van der Waals surface area contributed by atoms with Crippen LogP contribution in [0.2, 0.25) is 5.02 Å². The molecule has 0 radical (unpaired) electrons. The SMILES string of the molecule is Cc1cc(O)ccc1NC(=O)CCOc1ccc(Cl)cc1. The predicted octanol–water partition coefficient (Wildman–Crippen LogP) is 3.76. The van der Waals surface area contributed by atoms with Gasteiger partial charge in [0.15, 0.2) is 0 Å². The predicted molar refractivity (Wildman–Crippen MR) is 83.0 cm³/mol. The van der Waals surface area contributed by atoms with E-state index in [0.717, 1.165) is 5.56 Å². The molecule has 110 valence electrons. The maximum atomic E-state index is 11.8. The van der Waals surface area contributed by atoms with Gasteiger partial charge in [-0.05, 0) is 55.0 Å². The van der Waals surface area contributed by atoms with Crippen molar-refractivity contribution >= 4 is 23.2 Å². The van der Waals surface area contributed by atoms with E-state index in [1.807, 2.05) is 6.92 Å². The highest BCUT2D eigenvalue weighted by Crippen LogP contribution is 2.20. The summed E-state index contributed by atoms with van der Waals surface area (Å²) in [5.74, 6) is 0.710. The van der Waals surface area contributed by atoms with E-state index in [4.69, 9.17) is 16.3 Å². The topological polar surface area (TPSA) is 58.6 Å². The molecule has 21 heavy (non-hydrogen) atoms. The van der Waals surface area contributed by atoms with Crippen molar-refractivity contribution in [3.05, 3.63) is 53.1 Å². The number of amides is 1. The minimum absolute atomic E-state index is 0.141. The first-order chi connectivity index (χ1) is 10.0. The quantitative estimate of drug-likeness (QED) is 0.827. The van der Waals surface area contributed by atoms with E-state index in [0.29, 0.717) is 16.5 Å². The van der Waals surface area contributed by atoms with E-state index in [1.165, 1.54) is 6.07 Å². The Balaban J connectivity index is 1.81. The van der Waals surface area contributed by atoms with Crippen LogP contribution in [0.4, 0.5) is 5.69 Å². The number of phenols is 1. The van der Waals surface area contributed by atoms with Crippen molar-refractivity contribution in [2.75, 3.05) is 11.9 Å². The van der Waals surface area contributed by atoms with Gasteiger partial charge in [0.05, 0.1) is 13.0 Å². The average Bonchev–Trinajstić information content (AvgIpc) is 2.44. The van der Waals surface area contributed by atoms with Crippen molar-refractivity contribution in [3.63, 3.8) is 0 Å². The largest absolute Gasteiger partial charge is 0.508 e. The number of nitrogens with one attached hydrogen (secondary N) is 1. The Morgan fingerprint density at radius 3 is 2.62 bits per heavy atom. The van der Waals surface area contributed by atoms with Gasteiger partial charge in [0.2, 0.25) is 5.91 Å². The third kappa shape index (κ3) is 4.68. The van der Waals surface area contributed by atoms with E-state index in [-0.39, 0.29) is 24.7 Å². The lowest BCUT2D eigenvalue weighted by Crippen LogP contribution is -2.15. The zero-order chi connectivity index (χ0) is 15.2. The minimum Gasteiger partial charge on any atom is -0.508 e. The number of hydrogen-bond donors (Lipinski definition) is 2. The van der Waals surface area contributed by atoms with Gasteiger partial charge in [-0.2, -0.15) is 0 Å². The summed E-state index contributed by atoms with van der Waals surface area (Å²) in [5, 5.41) is 12.7. The van der Waals surface area contributed by atoms with Crippen LogP contribution < -0.4 is 10.1 Å². The van der Waals surface area contributed by atoms with Crippen LogP contribution in [-0.4, -0.2) is 17.6 Å². The lowest BCUT2D eigenvalue weighted by Gasteiger charge is -2.09. The second kappa shape index (κ2) is 6.99. The molecule has 2 aromatic rings. The Hall–Kier alpha value is -2.20. The minimum atomic E-state index is -0.141. The van der Waals surface area contributed by atoms with Gasteiger partial charge in [-0.3, -0.25) is 4.79 Å². The molecule has 0 bridgehead atoms. The van der Waals surface area contributed by atoms with Crippen molar-refractivity contribution in [2.45, 2.75) is 13.3 Å². The molecule has 5 heteroatoms. The molecule has 2 rings (SSSR count). The first-order valence-corrected chi connectivity index (χ1v) is 6.90. The molecule has 0 aliphatic heterocycles. The van der Waals surface area contributed by atoms with Crippen molar-refractivity contribution in [2.24, 2.45) is 0 Å². The molecular weight excluding hydrogens is 290 g/mol. The second-order valence-corrected chi connectivity index (χ2v) is 5.04. The molecule has 0 atom stereocenters. The van der Waals surface area contributed by atoms with Gasteiger partial charge in [0, 0.05) is 10.7 Å². The van der Waals surface area contributed by atoms with Crippen LogP contribution >= 0.6 is 11.6 Å². The highest BCUT2D eigenvalue weighted by atomic mass is 35.5. The Morgan fingerprint density at radius 2 is 1.95 bits per heavy atom.